The van der Waals surface area contributed by atoms with E-state index in [0.29, 0.717) is 6.04 Å². The maximum Gasteiger partial charge on any atom is 0.128 e. The molecule has 0 amide bonds. The quantitative estimate of drug-likeness (QED) is 0.830. The normalized spacial score (nSPS) is 25.3. The highest BCUT2D eigenvalue weighted by Gasteiger charge is 2.43. The molecule has 0 bridgehead atoms. The molecule has 1 saturated carbocycles. The van der Waals surface area contributed by atoms with E-state index >= 15 is 0 Å². The van der Waals surface area contributed by atoms with Crippen LogP contribution in [0.15, 0.2) is 18.2 Å². The van der Waals surface area contributed by atoms with Crippen LogP contribution in [0.3, 0.4) is 0 Å². The van der Waals surface area contributed by atoms with Crippen LogP contribution in [0.2, 0.25) is 0 Å². The van der Waals surface area contributed by atoms with Gasteiger partial charge in [-0.3, -0.25) is 0 Å². The summed E-state index contributed by atoms with van der Waals surface area (Å²) < 4.78 is 12.0. The van der Waals surface area contributed by atoms with E-state index in [0.717, 1.165) is 31.7 Å². The van der Waals surface area contributed by atoms with Crippen LogP contribution in [0.25, 0.3) is 0 Å². The third kappa shape index (κ3) is 3.53. The van der Waals surface area contributed by atoms with Crippen LogP contribution in [0.1, 0.15) is 37.8 Å². The first kappa shape index (κ1) is 15.3. The molecule has 1 aromatic carbocycles. The van der Waals surface area contributed by atoms with Crippen molar-refractivity contribution in [1.29, 1.82) is 0 Å². The van der Waals surface area contributed by atoms with Gasteiger partial charge in [-0.2, -0.15) is 0 Å². The Balaban J connectivity index is 1.97. The SMILES string of the molecule is CCCNC1CC(Oc2cc(C)ccc2C)C1OCC. The van der Waals surface area contributed by atoms with E-state index in [2.05, 4.69) is 44.3 Å². The number of aryl methyl sites for hydroxylation is 2. The Kier molecular flexibility index (Phi) is 5.44. The minimum Gasteiger partial charge on any atom is -0.487 e. The number of rotatable bonds is 7. The van der Waals surface area contributed by atoms with Gasteiger partial charge in [-0.1, -0.05) is 19.1 Å². The summed E-state index contributed by atoms with van der Waals surface area (Å²) in [7, 11) is 0. The fourth-order valence-electron chi connectivity index (χ4n) is 2.64. The Morgan fingerprint density at radius 3 is 2.75 bits per heavy atom. The molecule has 0 aliphatic heterocycles. The number of ether oxygens (including phenoxy) is 2. The van der Waals surface area contributed by atoms with Crippen molar-refractivity contribution in [2.45, 2.75) is 58.8 Å². The smallest absolute Gasteiger partial charge is 0.128 e. The molecule has 112 valence electrons. The molecule has 1 aliphatic carbocycles. The van der Waals surface area contributed by atoms with Crippen molar-refractivity contribution >= 4 is 0 Å². The van der Waals surface area contributed by atoms with Gasteiger partial charge in [0.1, 0.15) is 18.0 Å². The lowest BCUT2D eigenvalue weighted by Gasteiger charge is -2.44. The van der Waals surface area contributed by atoms with E-state index in [1.165, 1.54) is 11.1 Å². The molecule has 1 fully saturated rings. The number of hydrogen-bond donors (Lipinski definition) is 1. The van der Waals surface area contributed by atoms with E-state index < -0.39 is 0 Å². The molecule has 0 aromatic heterocycles. The Bertz CT molecular complexity index is 433. The monoisotopic (exact) mass is 277 g/mol. The van der Waals surface area contributed by atoms with Gasteiger partial charge in [0, 0.05) is 19.1 Å². The van der Waals surface area contributed by atoms with Crippen molar-refractivity contribution < 1.29 is 9.47 Å². The molecule has 2 rings (SSSR count). The summed E-state index contributed by atoms with van der Waals surface area (Å²) in [6.45, 7) is 10.2. The molecule has 0 heterocycles. The van der Waals surface area contributed by atoms with E-state index in [4.69, 9.17) is 9.47 Å². The van der Waals surface area contributed by atoms with Gasteiger partial charge >= 0.3 is 0 Å². The van der Waals surface area contributed by atoms with Gasteiger partial charge in [-0.25, -0.2) is 0 Å². The average molecular weight is 277 g/mol. The Morgan fingerprint density at radius 2 is 2.05 bits per heavy atom. The van der Waals surface area contributed by atoms with Crippen molar-refractivity contribution in [2.75, 3.05) is 13.2 Å². The van der Waals surface area contributed by atoms with Crippen molar-refractivity contribution in [3.05, 3.63) is 29.3 Å². The van der Waals surface area contributed by atoms with Gasteiger partial charge in [-0.05, 0) is 50.9 Å². The zero-order valence-corrected chi connectivity index (χ0v) is 13.1. The molecule has 0 spiro atoms. The van der Waals surface area contributed by atoms with E-state index in [-0.39, 0.29) is 12.2 Å². The summed E-state index contributed by atoms with van der Waals surface area (Å²) in [6, 6.07) is 6.79. The summed E-state index contributed by atoms with van der Waals surface area (Å²) >= 11 is 0. The highest BCUT2D eigenvalue weighted by Crippen LogP contribution is 2.31. The largest absolute Gasteiger partial charge is 0.487 e. The number of nitrogens with one attached hydrogen (secondary N) is 1. The maximum atomic E-state index is 6.17. The number of hydrogen-bond acceptors (Lipinski definition) is 3. The molecule has 20 heavy (non-hydrogen) atoms. The van der Waals surface area contributed by atoms with Crippen LogP contribution in [0.4, 0.5) is 0 Å². The Hall–Kier alpha value is -1.06. The Morgan fingerprint density at radius 1 is 1.25 bits per heavy atom. The van der Waals surface area contributed by atoms with Crippen LogP contribution in [0, 0.1) is 13.8 Å². The number of benzene rings is 1. The minimum absolute atomic E-state index is 0.171. The molecular formula is C17H27NO2. The molecule has 0 saturated heterocycles. The summed E-state index contributed by atoms with van der Waals surface area (Å²) in [6.07, 6.45) is 2.52. The van der Waals surface area contributed by atoms with E-state index in [1.807, 2.05) is 6.92 Å². The summed E-state index contributed by atoms with van der Waals surface area (Å²) in [5.41, 5.74) is 2.43. The average Bonchev–Trinajstić information content (AvgIpc) is 2.43. The fraction of sp³-hybridized carbons (Fsp3) is 0.647. The summed E-state index contributed by atoms with van der Waals surface area (Å²) in [5.74, 6) is 0.994. The first-order valence-electron chi connectivity index (χ1n) is 7.74. The summed E-state index contributed by atoms with van der Waals surface area (Å²) in [5, 5.41) is 3.54. The third-order valence-corrected chi connectivity index (χ3v) is 3.89. The van der Waals surface area contributed by atoms with Crippen LogP contribution >= 0.6 is 0 Å². The lowest BCUT2D eigenvalue weighted by molar-refractivity contribution is -0.104. The van der Waals surface area contributed by atoms with Crippen molar-refractivity contribution in [3.63, 3.8) is 0 Å². The second-order valence-corrected chi connectivity index (χ2v) is 5.64. The first-order chi connectivity index (χ1) is 9.65. The second-order valence-electron chi connectivity index (χ2n) is 5.64. The van der Waals surface area contributed by atoms with Gasteiger partial charge in [0.05, 0.1) is 0 Å². The molecule has 1 aromatic rings. The van der Waals surface area contributed by atoms with Crippen LogP contribution in [0.5, 0.6) is 5.75 Å². The predicted octanol–water partition coefficient (Wildman–Crippen LogP) is 3.23. The highest BCUT2D eigenvalue weighted by molar-refractivity contribution is 5.36. The lowest BCUT2D eigenvalue weighted by Crippen LogP contribution is -2.61. The zero-order chi connectivity index (χ0) is 14.5. The van der Waals surface area contributed by atoms with Crippen LogP contribution < -0.4 is 10.1 Å². The van der Waals surface area contributed by atoms with E-state index in [9.17, 15) is 0 Å². The van der Waals surface area contributed by atoms with Crippen molar-refractivity contribution in [2.24, 2.45) is 0 Å². The van der Waals surface area contributed by atoms with Gasteiger partial charge in [0.15, 0.2) is 0 Å². The molecule has 3 heteroatoms. The molecule has 0 radical (unpaired) electrons. The van der Waals surface area contributed by atoms with E-state index in [1.54, 1.807) is 0 Å². The molecule has 3 unspecified atom stereocenters. The first-order valence-corrected chi connectivity index (χ1v) is 7.74. The summed E-state index contributed by atoms with van der Waals surface area (Å²) in [4.78, 5) is 0. The molecule has 1 N–H and O–H groups in total. The molecule has 3 atom stereocenters. The van der Waals surface area contributed by atoms with Gasteiger partial charge in [0.25, 0.3) is 0 Å². The topological polar surface area (TPSA) is 30.5 Å². The molecule has 3 nitrogen and oxygen atoms in total. The zero-order valence-electron chi connectivity index (χ0n) is 13.1. The Labute approximate surface area is 122 Å². The highest BCUT2D eigenvalue weighted by atomic mass is 16.5. The maximum absolute atomic E-state index is 6.17. The van der Waals surface area contributed by atoms with Gasteiger partial charge in [-0.15, -0.1) is 0 Å². The molecule has 1 aliphatic rings. The van der Waals surface area contributed by atoms with Crippen molar-refractivity contribution in [3.8, 4) is 5.75 Å². The molecular weight excluding hydrogens is 250 g/mol. The third-order valence-electron chi connectivity index (χ3n) is 3.89. The fourth-order valence-corrected chi connectivity index (χ4v) is 2.64. The minimum atomic E-state index is 0.171. The van der Waals surface area contributed by atoms with Gasteiger partial charge < -0.3 is 14.8 Å². The standard InChI is InChI=1S/C17H27NO2/c1-5-9-18-14-11-16(17(14)19-6-2)20-15-10-12(3)7-8-13(15)4/h7-8,10,14,16-18H,5-6,9,11H2,1-4H3. The van der Waals surface area contributed by atoms with Crippen LogP contribution in [-0.4, -0.2) is 31.4 Å². The van der Waals surface area contributed by atoms with Crippen LogP contribution in [-0.2, 0) is 4.74 Å². The van der Waals surface area contributed by atoms with Crippen molar-refractivity contribution in [1.82, 2.24) is 5.32 Å². The lowest BCUT2D eigenvalue weighted by atomic mass is 9.85. The van der Waals surface area contributed by atoms with Gasteiger partial charge in [0.2, 0.25) is 0 Å². The predicted molar refractivity (Wildman–Crippen MR) is 82.4 cm³/mol. The second kappa shape index (κ2) is 7.09.